The van der Waals surface area contributed by atoms with Gasteiger partial charge in [-0.1, -0.05) is 18.2 Å². The van der Waals surface area contributed by atoms with Crippen LogP contribution in [0.4, 0.5) is 18.9 Å². The monoisotopic (exact) mass is 376 g/mol. The van der Waals surface area contributed by atoms with E-state index in [2.05, 4.69) is 10.1 Å². The molecule has 0 unspecified atom stereocenters. The van der Waals surface area contributed by atoms with E-state index in [0.29, 0.717) is 11.1 Å². The third kappa shape index (κ3) is 3.94. The Morgan fingerprint density at radius 2 is 1.85 bits per heavy atom. The maximum absolute atomic E-state index is 13.0. The van der Waals surface area contributed by atoms with Crippen LogP contribution in [-0.4, -0.2) is 23.6 Å². The minimum absolute atomic E-state index is 0.208. The number of amides is 1. The van der Waals surface area contributed by atoms with Crippen molar-refractivity contribution in [2.75, 3.05) is 12.4 Å². The number of methoxy groups -OCH3 is 1. The second-order valence-corrected chi connectivity index (χ2v) is 5.80. The molecule has 1 N–H and O–H groups in total. The standard InChI is InChI=1S/C19H15F3N2O3/c1-27-18(26)13-7-6-12-8-9-24(16(12)10-13)11-17(25)23-15-5-3-2-4-14(15)19(20,21)22/h2-10H,11H2,1H3,(H,23,25). The zero-order valence-corrected chi connectivity index (χ0v) is 14.2. The van der Waals surface area contributed by atoms with E-state index >= 15 is 0 Å². The van der Waals surface area contributed by atoms with Crippen LogP contribution in [0, 0.1) is 0 Å². The lowest BCUT2D eigenvalue weighted by atomic mass is 10.1. The molecule has 0 bridgehead atoms. The molecule has 0 atom stereocenters. The number of aromatic nitrogens is 1. The lowest BCUT2D eigenvalue weighted by Crippen LogP contribution is -2.20. The topological polar surface area (TPSA) is 60.3 Å². The number of hydrogen-bond donors (Lipinski definition) is 1. The summed E-state index contributed by atoms with van der Waals surface area (Å²) in [6, 6.07) is 11.4. The highest BCUT2D eigenvalue weighted by Crippen LogP contribution is 2.34. The van der Waals surface area contributed by atoms with Gasteiger partial charge in [-0.05, 0) is 35.7 Å². The van der Waals surface area contributed by atoms with Crippen molar-refractivity contribution < 1.29 is 27.5 Å². The number of nitrogens with zero attached hydrogens (tertiary/aromatic N) is 1. The summed E-state index contributed by atoms with van der Waals surface area (Å²) in [6.07, 6.45) is -2.94. The van der Waals surface area contributed by atoms with Crippen LogP contribution >= 0.6 is 0 Å². The van der Waals surface area contributed by atoms with Gasteiger partial charge < -0.3 is 14.6 Å². The first-order valence-corrected chi connectivity index (χ1v) is 7.93. The van der Waals surface area contributed by atoms with Gasteiger partial charge in [-0.3, -0.25) is 4.79 Å². The normalized spacial score (nSPS) is 11.4. The van der Waals surface area contributed by atoms with Crippen LogP contribution in [0.3, 0.4) is 0 Å². The van der Waals surface area contributed by atoms with E-state index < -0.39 is 23.6 Å². The van der Waals surface area contributed by atoms with Gasteiger partial charge in [-0.25, -0.2) is 4.79 Å². The summed E-state index contributed by atoms with van der Waals surface area (Å²) in [4.78, 5) is 24.0. The van der Waals surface area contributed by atoms with Crippen molar-refractivity contribution in [1.82, 2.24) is 4.57 Å². The van der Waals surface area contributed by atoms with Gasteiger partial charge in [-0.2, -0.15) is 13.2 Å². The Labute approximate surface area is 152 Å². The second-order valence-electron chi connectivity index (χ2n) is 5.80. The lowest BCUT2D eigenvalue weighted by Gasteiger charge is -2.14. The summed E-state index contributed by atoms with van der Waals surface area (Å²) >= 11 is 0. The van der Waals surface area contributed by atoms with Crippen LogP contribution in [-0.2, 0) is 22.3 Å². The van der Waals surface area contributed by atoms with E-state index in [9.17, 15) is 22.8 Å². The molecule has 3 aromatic rings. The van der Waals surface area contributed by atoms with Gasteiger partial charge in [0.2, 0.25) is 5.91 Å². The van der Waals surface area contributed by atoms with Crippen molar-refractivity contribution in [2.45, 2.75) is 12.7 Å². The highest BCUT2D eigenvalue weighted by molar-refractivity contribution is 5.96. The molecule has 2 aromatic carbocycles. The number of rotatable bonds is 4. The Kier molecular flexibility index (Phi) is 4.89. The first-order chi connectivity index (χ1) is 12.8. The number of benzene rings is 2. The fraction of sp³-hybridized carbons (Fsp3) is 0.158. The molecule has 0 saturated heterocycles. The molecule has 0 aliphatic carbocycles. The van der Waals surface area contributed by atoms with Crippen LogP contribution in [0.5, 0.6) is 0 Å². The number of para-hydroxylation sites is 1. The molecule has 0 spiro atoms. The Bertz CT molecular complexity index is 1010. The van der Waals surface area contributed by atoms with E-state index in [4.69, 9.17) is 0 Å². The Morgan fingerprint density at radius 1 is 1.11 bits per heavy atom. The molecule has 1 aromatic heterocycles. The fourth-order valence-corrected chi connectivity index (χ4v) is 2.75. The number of ether oxygens (including phenoxy) is 1. The number of carbonyl (C=O) groups excluding carboxylic acids is 2. The quantitative estimate of drug-likeness (QED) is 0.698. The van der Waals surface area contributed by atoms with E-state index in [-0.39, 0.29) is 12.2 Å². The highest BCUT2D eigenvalue weighted by atomic mass is 19.4. The van der Waals surface area contributed by atoms with Gasteiger partial charge in [0, 0.05) is 11.7 Å². The summed E-state index contributed by atoms with van der Waals surface area (Å²) in [5.74, 6) is -1.14. The summed E-state index contributed by atoms with van der Waals surface area (Å²) in [5, 5.41) is 3.08. The number of hydrogen-bond acceptors (Lipinski definition) is 3. The van der Waals surface area contributed by atoms with Crippen LogP contribution in [0.15, 0.2) is 54.7 Å². The molecule has 0 radical (unpaired) electrons. The van der Waals surface area contributed by atoms with Crippen molar-refractivity contribution in [3.63, 3.8) is 0 Å². The van der Waals surface area contributed by atoms with Crippen LogP contribution in [0.2, 0.25) is 0 Å². The molecule has 0 fully saturated rings. The van der Waals surface area contributed by atoms with E-state index in [1.807, 2.05) is 0 Å². The SMILES string of the molecule is COC(=O)c1ccc2ccn(CC(=O)Nc3ccccc3C(F)(F)F)c2c1. The second kappa shape index (κ2) is 7.14. The smallest absolute Gasteiger partial charge is 0.418 e. The number of esters is 1. The Balaban J connectivity index is 1.84. The van der Waals surface area contributed by atoms with E-state index in [0.717, 1.165) is 11.5 Å². The van der Waals surface area contributed by atoms with Crippen molar-refractivity contribution in [3.8, 4) is 0 Å². The van der Waals surface area contributed by atoms with Crippen LogP contribution < -0.4 is 5.32 Å². The van der Waals surface area contributed by atoms with Gasteiger partial charge in [0.25, 0.3) is 0 Å². The summed E-state index contributed by atoms with van der Waals surface area (Å²) in [5.41, 5.74) is -0.310. The van der Waals surface area contributed by atoms with Gasteiger partial charge in [0.15, 0.2) is 0 Å². The van der Waals surface area contributed by atoms with Gasteiger partial charge in [0.05, 0.1) is 23.9 Å². The number of nitrogens with one attached hydrogen (secondary N) is 1. The Morgan fingerprint density at radius 3 is 2.56 bits per heavy atom. The third-order valence-electron chi connectivity index (χ3n) is 4.02. The molecule has 140 valence electrons. The van der Waals surface area contributed by atoms with Crippen molar-refractivity contribution >= 4 is 28.5 Å². The van der Waals surface area contributed by atoms with Crippen molar-refractivity contribution in [1.29, 1.82) is 0 Å². The molecule has 1 amide bonds. The minimum atomic E-state index is -4.57. The first kappa shape index (κ1) is 18.5. The molecule has 8 heteroatoms. The molecule has 5 nitrogen and oxygen atoms in total. The predicted octanol–water partition coefficient (Wildman–Crippen LogP) is 4.09. The molecule has 27 heavy (non-hydrogen) atoms. The molecular weight excluding hydrogens is 361 g/mol. The highest BCUT2D eigenvalue weighted by Gasteiger charge is 2.33. The molecule has 0 saturated carbocycles. The Hall–Kier alpha value is -3.29. The summed E-state index contributed by atoms with van der Waals surface area (Å²) in [7, 11) is 1.26. The average Bonchev–Trinajstić information content (AvgIpc) is 3.02. The maximum Gasteiger partial charge on any atom is 0.418 e. The first-order valence-electron chi connectivity index (χ1n) is 7.93. The van der Waals surface area contributed by atoms with Gasteiger partial charge in [0.1, 0.15) is 6.54 Å². The lowest BCUT2D eigenvalue weighted by molar-refractivity contribution is -0.137. The van der Waals surface area contributed by atoms with Gasteiger partial charge >= 0.3 is 12.1 Å². The molecule has 1 heterocycles. The fourth-order valence-electron chi connectivity index (χ4n) is 2.75. The third-order valence-corrected chi connectivity index (χ3v) is 4.02. The van der Waals surface area contributed by atoms with Crippen LogP contribution in [0.1, 0.15) is 15.9 Å². The number of fused-ring (bicyclic) bond motifs is 1. The van der Waals surface area contributed by atoms with E-state index in [1.165, 1.54) is 25.3 Å². The zero-order valence-electron chi connectivity index (χ0n) is 14.2. The minimum Gasteiger partial charge on any atom is -0.465 e. The van der Waals surface area contributed by atoms with Gasteiger partial charge in [-0.15, -0.1) is 0 Å². The van der Waals surface area contributed by atoms with E-state index in [1.54, 1.807) is 35.0 Å². The average molecular weight is 376 g/mol. The molecular formula is C19H15F3N2O3. The zero-order chi connectivity index (χ0) is 19.6. The molecule has 3 rings (SSSR count). The number of anilines is 1. The maximum atomic E-state index is 13.0. The molecule has 0 aliphatic rings. The summed E-state index contributed by atoms with van der Waals surface area (Å²) in [6.45, 7) is -0.208. The predicted molar refractivity (Wildman–Crippen MR) is 93.4 cm³/mol. The molecule has 0 aliphatic heterocycles. The number of carbonyl (C=O) groups is 2. The largest absolute Gasteiger partial charge is 0.465 e. The van der Waals surface area contributed by atoms with Crippen LogP contribution in [0.25, 0.3) is 10.9 Å². The summed E-state index contributed by atoms with van der Waals surface area (Å²) < 4.78 is 45.3. The van der Waals surface area contributed by atoms with Crippen molar-refractivity contribution in [2.24, 2.45) is 0 Å². The number of halogens is 3. The van der Waals surface area contributed by atoms with Crippen molar-refractivity contribution in [3.05, 3.63) is 65.9 Å². The number of alkyl halides is 3.